The second kappa shape index (κ2) is 6.15. The topological polar surface area (TPSA) is 49.7 Å². The third-order valence-electron chi connectivity index (χ3n) is 3.13. The summed E-state index contributed by atoms with van der Waals surface area (Å²) in [7, 11) is 0. The zero-order chi connectivity index (χ0) is 14.5. The van der Waals surface area contributed by atoms with E-state index in [2.05, 4.69) is 4.99 Å². The number of phenols is 1. The van der Waals surface area contributed by atoms with Gasteiger partial charge in [-0.05, 0) is 26.0 Å². The average Bonchev–Trinajstić information content (AvgIpc) is 2.45. The molecule has 0 aliphatic rings. The first-order valence-corrected chi connectivity index (χ1v) is 6.47. The molecule has 0 saturated heterocycles. The third kappa shape index (κ3) is 3.32. The van der Waals surface area contributed by atoms with Gasteiger partial charge in [0.1, 0.15) is 12.3 Å². The molecule has 0 bridgehead atoms. The molecular formula is C17H17NO2. The van der Waals surface area contributed by atoms with Crippen LogP contribution in [0.4, 0.5) is 0 Å². The van der Waals surface area contributed by atoms with Crippen LogP contribution < -0.4 is 0 Å². The van der Waals surface area contributed by atoms with Crippen molar-refractivity contribution < 1.29 is 9.90 Å². The van der Waals surface area contributed by atoms with Gasteiger partial charge in [-0.2, -0.15) is 0 Å². The number of aromatic hydroxyl groups is 1. The van der Waals surface area contributed by atoms with Crippen molar-refractivity contribution in [3.63, 3.8) is 0 Å². The molecule has 0 amide bonds. The van der Waals surface area contributed by atoms with Crippen LogP contribution in [0.25, 0.3) is 0 Å². The SMILES string of the molecule is CC(=NCC(=O)c1ccc(C)cc1)c1ccccc1O. The first kappa shape index (κ1) is 14.0. The number of hydrogen-bond donors (Lipinski definition) is 1. The largest absolute Gasteiger partial charge is 0.507 e. The van der Waals surface area contributed by atoms with Crippen molar-refractivity contribution >= 4 is 11.5 Å². The molecule has 3 heteroatoms. The molecule has 2 aromatic rings. The van der Waals surface area contributed by atoms with Gasteiger partial charge in [0.25, 0.3) is 0 Å². The molecule has 2 aromatic carbocycles. The van der Waals surface area contributed by atoms with Crippen molar-refractivity contribution in [1.82, 2.24) is 0 Å². The lowest BCUT2D eigenvalue weighted by Gasteiger charge is -2.04. The smallest absolute Gasteiger partial charge is 0.184 e. The van der Waals surface area contributed by atoms with E-state index in [9.17, 15) is 9.90 Å². The Labute approximate surface area is 118 Å². The van der Waals surface area contributed by atoms with Gasteiger partial charge < -0.3 is 5.11 Å². The number of phenolic OH excluding ortho intramolecular Hbond substituents is 1. The predicted octanol–water partition coefficient (Wildman–Crippen LogP) is 3.39. The summed E-state index contributed by atoms with van der Waals surface area (Å²) in [6.45, 7) is 3.86. The molecule has 20 heavy (non-hydrogen) atoms. The number of para-hydroxylation sites is 1. The highest BCUT2D eigenvalue weighted by atomic mass is 16.3. The van der Waals surface area contributed by atoms with Crippen molar-refractivity contribution in [2.45, 2.75) is 13.8 Å². The molecule has 0 fully saturated rings. The number of benzene rings is 2. The van der Waals surface area contributed by atoms with Crippen LogP contribution in [-0.2, 0) is 0 Å². The Morgan fingerprint density at radius 1 is 1.10 bits per heavy atom. The summed E-state index contributed by atoms with van der Waals surface area (Å²) in [6.07, 6.45) is 0. The maximum absolute atomic E-state index is 12.0. The zero-order valence-electron chi connectivity index (χ0n) is 11.6. The number of nitrogens with zero attached hydrogens (tertiary/aromatic N) is 1. The van der Waals surface area contributed by atoms with Gasteiger partial charge in [0.15, 0.2) is 5.78 Å². The van der Waals surface area contributed by atoms with Crippen molar-refractivity contribution in [2.24, 2.45) is 4.99 Å². The van der Waals surface area contributed by atoms with E-state index >= 15 is 0 Å². The van der Waals surface area contributed by atoms with Gasteiger partial charge in [-0.25, -0.2) is 0 Å². The lowest BCUT2D eigenvalue weighted by atomic mass is 10.1. The Hall–Kier alpha value is -2.42. The van der Waals surface area contributed by atoms with E-state index < -0.39 is 0 Å². The molecule has 0 aliphatic carbocycles. The van der Waals surface area contributed by atoms with Gasteiger partial charge in [0.2, 0.25) is 0 Å². The van der Waals surface area contributed by atoms with Crippen LogP contribution in [0.1, 0.15) is 28.4 Å². The number of carbonyl (C=O) groups is 1. The molecule has 0 unspecified atom stereocenters. The Bertz CT molecular complexity index is 642. The Balaban J connectivity index is 2.11. The van der Waals surface area contributed by atoms with Crippen molar-refractivity contribution in [1.29, 1.82) is 0 Å². The number of carbonyl (C=O) groups excluding carboxylic acids is 1. The molecule has 0 heterocycles. The molecule has 0 saturated carbocycles. The Morgan fingerprint density at radius 2 is 1.75 bits per heavy atom. The molecule has 0 aliphatic heterocycles. The van der Waals surface area contributed by atoms with E-state index in [4.69, 9.17) is 0 Å². The van der Waals surface area contributed by atoms with Crippen LogP contribution >= 0.6 is 0 Å². The monoisotopic (exact) mass is 267 g/mol. The van der Waals surface area contributed by atoms with Gasteiger partial charge in [-0.15, -0.1) is 0 Å². The lowest BCUT2D eigenvalue weighted by molar-refractivity contribution is 0.100. The maximum Gasteiger partial charge on any atom is 0.184 e. The van der Waals surface area contributed by atoms with Gasteiger partial charge >= 0.3 is 0 Å². The fourth-order valence-electron chi connectivity index (χ4n) is 1.89. The normalized spacial score (nSPS) is 11.4. The van der Waals surface area contributed by atoms with Crippen molar-refractivity contribution in [2.75, 3.05) is 6.54 Å². The summed E-state index contributed by atoms with van der Waals surface area (Å²) in [5, 5.41) is 9.73. The highest BCUT2D eigenvalue weighted by Crippen LogP contribution is 2.16. The van der Waals surface area contributed by atoms with Crippen LogP contribution in [0.2, 0.25) is 0 Å². The first-order chi connectivity index (χ1) is 9.58. The van der Waals surface area contributed by atoms with Gasteiger partial charge in [0.05, 0.1) is 0 Å². The molecule has 2 rings (SSSR count). The van der Waals surface area contributed by atoms with E-state index in [0.29, 0.717) is 16.8 Å². The van der Waals surface area contributed by atoms with Gasteiger partial charge in [-0.3, -0.25) is 9.79 Å². The Morgan fingerprint density at radius 3 is 2.40 bits per heavy atom. The van der Waals surface area contributed by atoms with Crippen molar-refractivity contribution in [3.8, 4) is 5.75 Å². The molecule has 1 N–H and O–H groups in total. The summed E-state index contributed by atoms with van der Waals surface area (Å²) in [4.78, 5) is 16.3. The summed E-state index contributed by atoms with van der Waals surface area (Å²) < 4.78 is 0. The highest BCUT2D eigenvalue weighted by molar-refractivity contribution is 6.04. The number of aliphatic imine (C=N–C) groups is 1. The highest BCUT2D eigenvalue weighted by Gasteiger charge is 2.06. The number of ketones is 1. The quantitative estimate of drug-likeness (QED) is 0.682. The van der Waals surface area contributed by atoms with Crippen molar-refractivity contribution in [3.05, 3.63) is 65.2 Å². The summed E-state index contributed by atoms with van der Waals surface area (Å²) in [6, 6.07) is 14.4. The second-order valence-corrected chi connectivity index (χ2v) is 4.71. The van der Waals surface area contributed by atoms with E-state index in [1.807, 2.05) is 37.3 Å². The average molecular weight is 267 g/mol. The van der Waals surface area contributed by atoms with E-state index in [-0.39, 0.29) is 18.1 Å². The number of aryl methyl sites for hydroxylation is 1. The minimum atomic E-state index is -0.0280. The summed E-state index contributed by atoms with van der Waals surface area (Å²) in [5.74, 6) is 0.149. The molecule has 0 atom stereocenters. The summed E-state index contributed by atoms with van der Waals surface area (Å²) >= 11 is 0. The standard InChI is InChI=1S/C17H17NO2/c1-12-7-9-14(10-8-12)17(20)11-18-13(2)15-5-3-4-6-16(15)19/h3-10,19H,11H2,1-2H3. The molecule has 0 aromatic heterocycles. The lowest BCUT2D eigenvalue weighted by Crippen LogP contribution is -2.06. The zero-order valence-corrected chi connectivity index (χ0v) is 11.6. The van der Waals surface area contributed by atoms with E-state index in [1.54, 1.807) is 25.1 Å². The van der Waals surface area contributed by atoms with Crippen LogP contribution in [0.3, 0.4) is 0 Å². The first-order valence-electron chi connectivity index (χ1n) is 6.47. The maximum atomic E-state index is 12.0. The second-order valence-electron chi connectivity index (χ2n) is 4.71. The number of hydrogen-bond acceptors (Lipinski definition) is 3. The van der Waals surface area contributed by atoms with Gasteiger partial charge in [-0.1, -0.05) is 42.0 Å². The van der Waals surface area contributed by atoms with E-state index in [1.165, 1.54) is 0 Å². The molecule has 0 radical (unpaired) electrons. The number of rotatable bonds is 4. The fourth-order valence-corrected chi connectivity index (χ4v) is 1.89. The third-order valence-corrected chi connectivity index (χ3v) is 3.13. The minimum Gasteiger partial charge on any atom is -0.507 e. The van der Waals surface area contributed by atoms with Crippen LogP contribution in [0, 0.1) is 6.92 Å². The van der Waals surface area contributed by atoms with Gasteiger partial charge in [0, 0.05) is 16.8 Å². The van der Waals surface area contributed by atoms with Crippen LogP contribution in [0.15, 0.2) is 53.5 Å². The molecule has 3 nitrogen and oxygen atoms in total. The summed E-state index contributed by atoms with van der Waals surface area (Å²) in [5.41, 5.74) is 3.09. The molecular weight excluding hydrogens is 250 g/mol. The van der Waals surface area contributed by atoms with Crippen LogP contribution in [0.5, 0.6) is 5.75 Å². The number of Topliss-reactive ketones (excluding diaryl/α,β-unsaturated/α-hetero) is 1. The minimum absolute atomic E-state index is 0.0280. The predicted molar refractivity (Wildman–Crippen MR) is 80.7 cm³/mol. The Kier molecular flexibility index (Phi) is 4.31. The van der Waals surface area contributed by atoms with E-state index in [0.717, 1.165) is 5.56 Å². The molecule has 102 valence electrons. The van der Waals surface area contributed by atoms with Crippen LogP contribution in [-0.4, -0.2) is 23.1 Å². The molecule has 0 spiro atoms. The fraction of sp³-hybridized carbons (Fsp3) is 0.176.